The van der Waals surface area contributed by atoms with Crippen LogP contribution in [0.25, 0.3) is 0 Å². The minimum absolute atomic E-state index is 0.189. The summed E-state index contributed by atoms with van der Waals surface area (Å²) < 4.78 is 11.6. The van der Waals surface area contributed by atoms with Gasteiger partial charge in [0.05, 0.1) is 13.2 Å². The fourth-order valence-corrected chi connectivity index (χ4v) is 3.50. The predicted molar refractivity (Wildman–Crippen MR) is 106 cm³/mol. The summed E-state index contributed by atoms with van der Waals surface area (Å²) in [6.07, 6.45) is 2.39. The van der Waals surface area contributed by atoms with Gasteiger partial charge in [-0.3, -0.25) is 0 Å². The van der Waals surface area contributed by atoms with Crippen LogP contribution in [0.15, 0.2) is 24.3 Å². The number of hydrogen-bond acceptors (Lipinski definition) is 5. The van der Waals surface area contributed by atoms with Crippen molar-refractivity contribution in [3.8, 4) is 5.75 Å². The predicted octanol–water partition coefficient (Wildman–Crippen LogP) is 1.86. The number of hydrogen-bond donors (Lipinski definition) is 2. The maximum absolute atomic E-state index is 12.1. The average molecular weight is 377 g/mol. The quantitative estimate of drug-likeness (QED) is 0.821. The van der Waals surface area contributed by atoms with Gasteiger partial charge >= 0.3 is 6.03 Å². The third kappa shape index (κ3) is 6.68. The lowest BCUT2D eigenvalue weighted by Crippen LogP contribution is -2.37. The van der Waals surface area contributed by atoms with Crippen molar-refractivity contribution in [1.82, 2.24) is 15.1 Å². The highest BCUT2D eigenvalue weighted by Gasteiger charge is 2.18. The Hall–Kier alpha value is -1.83. The van der Waals surface area contributed by atoms with Gasteiger partial charge < -0.3 is 29.9 Å². The maximum atomic E-state index is 12.1. The van der Waals surface area contributed by atoms with Crippen LogP contribution < -0.4 is 15.4 Å². The first-order chi connectivity index (χ1) is 13.1. The number of amides is 2. The average Bonchev–Trinajstić information content (AvgIpc) is 2.87. The second kappa shape index (κ2) is 9.92. The molecule has 7 nitrogen and oxygen atoms in total. The van der Waals surface area contributed by atoms with Gasteiger partial charge in [-0.1, -0.05) is 0 Å². The molecule has 0 saturated carbocycles. The van der Waals surface area contributed by atoms with Crippen LogP contribution in [0.1, 0.15) is 12.8 Å². The van der Waals surface area contributed by atoms with E-state index in [-0.39, 0.29) is 12.1 Å². The van der Waals surface area contributed by atoms with Crippen molar-refractivity contribution < 1.29 is 14.3 Å². The van der Waals surface area contributed by atoms with Gasteiger partial charge in [0.1, 0.15) is 11.9 Å². The number of carbonyl (C=O) groups excluding carboxylic acids is 1. The molecule has 0 radical (unpaired) electrons. The Balaban J connectivity index is 1.40. The lowest BCUT2D eigenvalue weighted by atomic mass is 10.1. The fraction of sp³-hybridized carbons (Fsp3) is 0.650. The van der Waals surface area contributed by atoms with Gasteiger partial charge in [-0.05, 0) is 51.2 Å². The van der Waals surface area contributed by atoms with Crippen LogP contribution in [0.5, 0.6) is 5.75 Å². The van der Waals surface area contributed by atoms with Crippen molar-refractivity contribution in [3.63, 3.8) is 0 Å². The zero-order chi connectivity index (χ0) is 19.1. The van der Waals surface area contributed by atoms with Crippen molar-refractivity contribution in [3.05, 3.63) is 24.3 Å². The number of urea groups is 1. The SMILES string of the molecule is CN1CCC(Oc2ccc(NC(=O)NCC3COCCN(C)C3)cc2)CC1. The molecule has 1 aromatic carbocycles. The van der Waals surface area contributed by atoms with Gasteiger partial charge in [0.25, 0.3) is 0 Å². The Morgan fingerprint density at radius 3 is 2.63 bits per heavy atom. The molecule has 150 valence electrons. The Morgan fingerprint density at radius 2 is 1.89 bits per heavy atom. The number of nitrogens with one attached hydrogen (secondary N) is 2. The molecule has 0 spiro atoms. The van der Waals surface area contributed by atoms with Crippen LogP contribution in [0.4, 0.5) is 10.5 Å². The summed E-state index contributed by atoms with van der Waals surface area (Å²) in [5.74, 6) is 1.17. The van der Waals surface area contributed by atoms with Crippen LogP contribution >= 0.6 is 0 Å². The number of anilines is 1. The van der Waals surface area contributed by atoms with Crippen LogP contribution in [-0.4, -0.2) is 82.0 Å². The number of ether oxygens (including phenoxy) is 2. The topological polar surface area (TPSA) is 66.1 Å². The fourth-order valence-electron chi connectivity index (χ4n) is 3.50. The molecule has 2 aliphatic heterocycles. The van der Waals surface area contributed by atoms with Crippen LogP contribution in [0.3, 0.4) is 0 Å². The van der Waals surface area contributed by atoms with Gasteiger partial charge in [0, 0.05) is 44.3 Å². The second-order valence-corrected chi connectivity index (χ2v) is 7.68. The molecule has 0 aromatic heterocycles. The minimum Gasteiger partial charge on any atom is -0.490 e. The number of likely N-dealkylation sites (tertiary alicyclic amines) is 1. The Bertz CT molecular complexity index is 587. The summed E-state index contributed by atoms with van der Waals surface area (Å²) in [5.41, 5.74) is 0.762. The highest BCUT2D eigenvalue weighted by molar-refractivity contribution is 5.89. The molecule has 3 rings (SSSR count). The highest BCUT2D eigenvalue weighted by Crippen LogP contribution is 2.20. The van der Waals surface area contributed by atoms with E-state index in [9.17, 15) is 4.79 Å². The summed E-state index contributed by atoms with van der Waals surface area (Å²) in [4.78, 5) is 16.7. The van der Waals surface area contributed by atoms with Gasteiger partial charge in [0.15, 0.2) is 0 Å². The lowest BCUT2D eigenvalue weighted by molar-refractivity contribution is 0.114. The summed E-state index contributed by atoms with van der Waals surface area (Å²) in [6, 6.07) is 7.41. The molecule has 27 heavy (non-hydrogen) atoms. The molecule has 0 aliphatic carbocycles. The van der Waals surface area contributed by atoms with Crippen molar-refractivity contribution in [1.29, 1.82) is 0 Å². The number of piperidine rings is 1. The first-order valence-corrected chi connectivity index (χ1v) is 9.85. The van der Waals surface area contributed by atoms with E-state index < -0.39 is 0 Å². The van der Waals surface area contributed by atoms with E-state index in [1.807, 2.05) is 24.3 Å². The van der Waals surface area contributed by atoms with E-state index in [0.717, 1.165) is 57.1 Å². The molecule has 2 N–H and O–H groups in total. The largest absolute Gasteiger partial charge is 0.490 e. The summed E-state index contributed by atoms with van der Waals surface area (Å²) in [7, 11) is 4.22. The van der Waals surface area contributed by atoms with Crippen molar-refractivity contribution in [2.75, 3.05) is 65.3 Å². The Labute approximate surface area is 162 Å². The minimum atomic E-state index is -0.189. The molecule has 1 atom stereocenters. The summed E-state index contributed by atoms with van der Waals surface area (Å²) >= 11 is 0. The maximum Gasteiger partial charge on any atom is 0.319 e. The van der Waals surface area contributed by atoms with E-state index in [1.54, 1.807) is 0 Å². The number of benzene rings is 1. The molecule has 7 heteroatoms. The molecule has 2 saturated heterocycles. The number of likely N-dealkylation sites (N-methyl/N-ethyl adjacent to an activating group) is 1. The van der Waals surface area contributed by atoms with E-state index in [4.69, 9.17) is 9.47 Å². The first-order valence-electron chi connectivity index (χ1n) is 9.85. The van der Waals surface area contributed by atoms with Gasteiger partial charge in [-0.25, -0.2) is 4.79 Å². The standard InChI is InChI=1S/C20H32N4O3/c1-23-9-7-19(8-10-23)27-18-5-3-17(4-6-18)22-20(25)21-13-16-14-24(2)11-12-26-15-16/h3-6,16,19H,7-15H2,1-2H3,(H2,21,22,25). The molecule has 2 heterocycles. The molecular weight excluding hydrogens is 344 g/mol. The second-order valence-electron chi connectivity index (χ2n) is 7.68. The monoisotopic (exact) mass is 376 g/mol. The van der Waals surface area contributed by atoms with Crippen LogP contribution in [0.2, 0.25) is 0 Å². The smallest absolute Gasteiger partial charge is 0.319 e. The van der Waals surface area contributed by atoms with Crippen molar-refractivity contribution >= 4 is 11.7 Å². The number of rotatable bonds is 5. The van der Waals surface area contributed by atoms with E-state index in [0.29, 0.717) is 19.1 Å². The summed E-state index contributed by atoms with van der Waals surface area (Å²) in [6.45, 7) is 6.07. The normalized spacial score (nSPS) is 22.8. The zero-order valence-electron chi connectivity index (χ0n) is 16.4. The molecular formula is C20H32N4O3. The number of nitrogens with zero attached hydrogens (tertiary/aromatic N) is 2. The third-order valence-corrected chi connectivity index (χ3v) is 5.17. The Kier molecular flexibility index (Phi) is 7.32. The van der Waals surface area contributed by atoms with Crippen LogP contribution in [-0.2, 0) is 4.74 Å². The summed E-state index contributed by atoms with van der Waals surface area (Å²) in [5, 5.41) is 5.82. The molecule has 1 unspecified atom stereocenters. The lowest BCUT2D eigenvalue weighted by Gasteiger charge is -2.29. The number of carbonyl (C=O) groups is 1. The van der Waals surface area contributed by atoms with E-state index in [1.165, 1.54) is 0 Å². The van der Waals surface area contributed by atoms with Gasteiger partial charge in [0.2, 0.25) is 0 Å². The van der Waals surface area contributed by atoms with Gasteiger partial charge in [-0.15, -0.1) is 0 Å². The van der Waals surface area contributed by atoms with Crippen molar-refractivity contribution in [2.24, 2.45) is 5.92 Å². The molecule has 1 aromatic rings. The van der Waals surface area contributed by atoms with Crippen molar-refractivity contribution in [2.45, 2.75) is 18.9 Å². The molecule has 0 bridgehead atoms. The van der Waals surface area contributed by atoms with Crippen LogP contribution in [0, 0.1) is 5.92 Å². The molecule has 2 amide bonds. The Morgan fingerprint density at radius 1 is 1.15 bits per heavy atom. The molecule has 2 aliphatic rings. The van der Waals surface area contributed by atoms with E-state index in [2.05, 4.69) is 34.5 Å². The third-order valence-electron chi connectivity index (χ3n) is 5.17. The molecule has 2 fully saturated rings. The first kappa shape index (κ1) is 19.9. The van der Waals surface area contributed by atoms with Gasteiger partial charge in [-0.2, -0.15) is 0 Å². The van der Waals surface area contributed by atoms with E-state index >= 15 is 0 Å². The highest BCUT2D eigenvalue weighted by atomic mass is 16.5. The zero-order valence-corrected chi connectivity index (χ0v) is 16.4.